The zero-order chi connectivity index (χ0) is 23.9. The Hall–Kier alpha value is -1.54. The molecule has 9 heteroatoms. The van der Waals surface area contributed by atoms with Crippen molar-refractivity contribution in [2.75, 3.05) is 26.4 Å². The smallest absolute Gasteiger partial charge is 0.457 e. The highest BCUT2D eigenvalue weighted by molar-refractivity contribution is 7.47. The highest BCUT2D eigenvalue weighted by atomic mass is 31.2. The van der Waals surface area contributed by atoms with Crippen LogP contribution in [0.3, 0.4) is 0 Å². The second-order valence-corrected chi connectivity index (χ2v) is 8.38. The number of phosphoric ester groups is 1. The van der Waals surface area contributed by atoms with E-state index in [1.54, 1.807) is 0 Å². The molecular weight excluding hydrogens is 433 g/mol. The minimum absolute atomic E-state index is 0.0627. The maximum Gasteiger partial charge on any atom is 0.472 e. The van der Waals surface area contributed by atoms with Crippen molar-refractivity contribution >= 4 is 13.8 Å². The summed E-state index contributed by atoms with van der Waals surface area (Å²) in [5, 5.41) is 9.24. The van der Waals surface area contributed by atoms with Crippen LogP contribution in [0, 0.1) is 0 Å². The van der Waals surface area contributed by atoms with Crippen molar-refractivity contribution in [3.05, 3.63) is 48.6 Å². The molecule has 0 aromatic heterocycles. The minimum Gasteiger partial charge on any atom is -0.457 e. The molecule has 8 nitrogen and oxygen atoms in total. The number of ether oxygens (including phenoxy) is 1. The average molecular weight is 474 g/mol. The van der Waals surface area contributed by atoms with E-state index in [2.05, 4.69) is 60.1 Å². The summed E-state index contributed by atoms with van der Waals surface area (Å²) in [4.78, 5) is 21.2. The molecule has 0 aliphatic heterocycles. The molecule has 0 amide bonds. The molecule has 0 aromatic carbocycles. The number of rotatable bonds is 20. The van der Waals surface area contributed by atoms with Gasteiger partial charge in [0, 0.05) is 13.0 Å². The van der Waals surface area contributed by atoms with Crippen molar-refractivity contribution in [3.8, 4) is 0 Å². The van der Waals surface area contributed by atoms with Gasteiger partial charge in [0.2, 0.25) is 0 Å². The highest BCUT2D eigenvalue weighted by Gasteiger charge is 2.24. The first-order valence-corrected chi connectivity index (χ1v) is 12.7. The van der Waals surface area contributed by atoms with Crippen LogP contribution >= 0.6 is 7.82 Å². The zero-order valence-electron chi connectivity index (χ0n) is 19.1. The maximum atomic E-state index is 11.8. The molecule has 0 aromatic rings. The average Bonchev–Trinajstić information content (AvgIpc) is 2.77. The lowest BCUT2D eigenvalue weighted by molar-refractivity contribution is -0.153. The summed E-state index contributed by atoms with van der Waals surface area (Å²) in [5.74, 6) is -0.492. The lowest BCUT2D eigenvalue weighted by Crippen LogP contribution is -2.27. The monoisotopic (exact) mass is 473 g/mol. The summed E-state index contributed by atoms with van der Waals surface area (Å²) in [6, 6.07) is 0. The third-order valence-corrected chi connectivity index (χ3v) is 5.00. The van der Waals surface area contributed by atoms with E-state index in [0.29, 0.717) is 6.42 Å². The number of aliphatic hydroxyl groups is 1. The second kappa shape index (κ2) is 21.3. The number of carbonyl (C=O) groups excluding carboxylic acids is 1. The van der Waals surface area contributed by atoms with Gasteiger partial charge in [-0.05, 0) is 44.9 Å². The molecule has 0 rings (SSSR count). The molecule has 4 N–H and O–H groups in total. The molecule has 0 saturated heterocycles. The van der Waals surface area contributed by atoms with Crippen LogP contribution in [-0.2, 0) is 23.1 Å². The third kappa shape index (κ3) is 20.4. The van der Waals surface area contributed by atoms with Crippen molar-refractivity contribution < 1.29 is 33.1 Å². The molecule has 2 unspecified atom stereocenters. The fourth-order valence-corrected chi connectivity index (χ4v) is 3.15. The minimum atomic E-state index is -4.27. The van der Waals surface area contributed by atoms with Gasteiger partial charge in [0.1, 0.15) is 6.10 Å². The summed E-state index contributed by atoms with van der Waals surface area (Å²) >= 11 is 0. The molecular formula is C23H40NO7P. The summed E-state index contributed by atoms with van der Waals surface area (Å²) in [6.07, 6.45) is 22.5. The van der Waals surface area contributed by atoms with Gasteiger partial charge < -0.3 is 20.5 Å². The molecule has 0 radical (unpaired) electrons. The van der Waals surface area contributed by atoms with Crippen molar-refractivity contribution in [2.45, 2.75) is 64.4 Å². The van der Waals surface area contributed by atoms with Gasteiger partial charge in [-0.1, -0.05) is 55.5 Å². The number of unbranched alkanes of at least 4 members (excludes halogenated alkanes) is 2. The summed E-state index contributed by atoms with van der Waals surface area (Å²) in [5.41, 5.74) is 5.18. The predicted molar refractivity (Wildman–Crippen MR) is 127 cm³/mol. The van der Waals surface area contributed by atoms with Crippen LogP contribution in [-0.4, -0.2) is 48.4 Å². The lowest BCUT2D eigenvalue weighted by Gasteiger charge is -2.17. The molecule has 0 bridgehead atoms. The van der Waals surface area contributed by atoms with Crippen LogP contribution in [0.4, 0.5) is 0 Å². The molecule has 0 saturated carbocycles. The first-order valence-electron chi connectivity index (χ1n) is 11.2. The number of aliphatic hydroxyl groups excluding tert-OH is 1. The predicted octanol–water partition coefficient (Wildman–Crippen LogP) is 4.35. The van der Waals surface area contributed by atoms with Crippen molar-refractivity contribution in [1.82, 2.24) is 0 Å². The van der Waals surface area contributed by atoms with E-state index >= 15 is 0 Å². The van der Waals surface area contributed by atoms with E-state index in [-0.39, 0.29) is 19.6 Å². The number of hydrogen-bond donors (Lipinski definition) is 3. The van der Waals surface area contributed by atoms with Crippen LogP contribution < -0.4 is 5.73 Å². The van der Waals surface area contributed by atoms with E-state index in [9.17, 15) is 19.4 Å². The van der Waals surface area contributed by atoms with Gasteiger partial charge in [0.25, 0.3) is 0 Å². The van der Waals surface area contributed by atoms with Crippen molar-refractivity contribution in [2.24, 2.45) is 5.73 Å². The molecule has 32 heavy (non-hydrogen) atoms. The first-order chi connectivity index (χ1) is 15.4. The summed E-state index contributed by atoms with van der Waals surface area (Å²) < 4.78 is 25.8. The van der Waals surface area contributed by atoms with Gasteiger partial charge in [-0.25, -0.2) is 4.57 Å². The van der Waals surface area contributed by atoms with Gasteiger partial charge >= 0.3 is 13.8 Å². The number of carbonyl (C=O) groups is 1. The van der Waals surface area contributed by atoms with E-state index < -0.39 is 33.1 Å². The first kappa shape index (κ1) is 30.5. The van der Waals surface area contributed by atoms with Gasteiger partial charge in [-0.15, -0.1) is 0 Å². The zero-order valence-corrected chi connectivity index (χ0v) is 20.0. The van der Waals surface area contributed by atoms with Gasteiger partial charge in [-0.3, -0.25) is 13.8 Å². The second-order valence-electron chi connectivity index (χ2n) is 6.93. The molecule has 0 fully saturated rings. The highest BCUT2D eigenvalue weighted by Crippen LogP contribution is 2.42. The quantitative estimate of drug-likeness (QED) is 0.103. The van der Waals surface area contributed by atoms with E-state index in [1.165, 1.54) is 0 Å². The Labute approximate surface area is 192 Å². The Bertz CT molecular complexity index is 632. The Balaban J connectivity index is 3.83. The Kier molecular flexibility index (Phi) is 20.3. The van der Waals surface area contributed by atoms with E-state index in [0.717, 1.165) is 38.5 Å². The number of esters is 1. The standard InChI is InChI=1S/C23H40NO7P/c1-2-3-4-5-6-7-8-9-10-11-12-13-14-15-16-17-23(26)31-22(20-25)21-30-32(27,28)29-19-18-24/h3-4,6-7,9-10,12-13,22,25H,2,5,8,11,14-21,24H2,1H3,(H,27,28). The molecule has 0 aliphatic carbocycles. The SMILES string of the molecule is CCC=CCC=CCC=CCC=CCCCCC(=O)OC(CO)COP(=O)(O)OCCN. The lowest BCUT2D eigenvalue weighted by atomic mass is 10.2. The van der Waals surface area contributed by atoms with Gasteiger partial charge in [0.05, 0.1) is 19.8 Å². The fraction of sp³-hybridized carbons (Fsp3) is 0.609. The fourth-order valence-electron chi connectivity index (χ4n) is 2.38. The molecule has 0 aliphatic rings. The summed E-state index contributed by atoms with van der Waals surface area (Å²) in [7, 11) is -4.27. The van der Waals surface area contributed by atoms with E-state index in [4.69, 9.17) is 15.0 Å². The van der Waals surface area contributed by atoms with E-state index in [1.807, 2.05) is 0 Å². The number of phosphoric acid groups is 1. The third-order valence-electron chi connectivity index (χ3n) is 4.02. The van der Waals surface area contributed by atoms with Crippen LogP contribution in [0.5, 0.6) is 0 Å². The van der Waals surface area contributed by atoms with Crippen molar-refractivity contribution in [3.63, 3.8) is 0 Å². The Morgan fingerprint density at radius 2 is 1.56 bits per heavy atom. The molecule has 0 spiro atoms. The van der Waals surface area contributed by atoms with Crippen LogP contribution in [0.15, 0.2) is 48.6 Å². The van der Waals surface area contributed by atoms with Gasteiger partial charge in [0.15, 0.2) is 0 Å². The van der Waals surface area contributed by atoms with Gasteiger partial charge in [-0.2, -0.15) is 0 Å². The normalized spacial score (nSPS) is 15.2. The summed E-state index contributed by atoms with van der Waals surface area (Å²) in [6.45, 7) is 1.08. The number of allylic oxidation sites excluding steroid dienone is 8. The Morgan fingerprint density at radius 3 is 2.12 bits per heavy atom. The number of hydrogen-bond acceptors (Lipinski definition) is 7. The molecule has 184 valence electrons. The van der Waals surface area contributed by atoms with Crippen molar-refractivity contribution in [1.29, 1.82) is 0 Å². The topological polar surface area (TPSA) is 128 Å². The largest absolute Gasteiger partial charge is 0.472 e. The Morgan fingerprint density at radius 1 is 0.969 bits per heavy atom. The molecule has 2 atom stereocenters. The maximum absolute atomic E-state index is 11.8. The molecule has 0 heterocycles. The van der Waals surface area contributed by atoms with Crippen LogP contribution in [0.1, 0.15) is 58.3 Å². The number of nitrogens with two attached hydrogens (primary N) is 1. The van der Waals surface area contributed by atoms with Crippen LogP contribution in [0.25, 0.3) is 0 Å². The van der Waals surface area contributed by atoms with Crippen LogP contribution in [0.2, 0.25) is 0 Å².